The zero-order valence-electron chi connectivity index (χ0n) is 13.8. The van der Waals surface area contributed by atoms with Crippen LogP contribution in [0.2, 0.25) is 0 Å². The highest BCUT2D eigenvalue weighted by Crippen LogP contribution is 2.27. The average Bonchev–Trinajstić information content (AvgIpc) is 2.61. The van der Waals surface area contributed by atoms with Crippen LogP contribution in [0.25, 0.3) is 0 Å². The fraction of sp³-hybridized carbons (Fsp3) is 0.211. The van der Waals surface area contributed by atoms with Gasteiger partial charge in [0.1, 0.15) is 11.6 Å². The molecule has 0 amide bonds. The Kier molecular flexibility index (Phi) is 6.51. The van der Waals surface area contributed by atoms with Crippen molar-refractivity contribution < 1.29 is 13.9 Å². The van der Waals surface area contributed by atoms with E-state index in [2.05, 4.69) is 5.32 Å². The van der Waals surface area contributed by atoms with Crippen LogP contribution in [0.5, 0.6) is 5.75 Å². The molecule has 5 heteroatoms. The van der Waals surface area contributed by atoms with E-state index >= 15 is 0 Å². The minimum atomic E-state index is -0.313. The van der Waals surface area contributed by atoms with Gasteiger partial charge in [0, 0.05) is 23.7 Å². The number of benzene rings is 2. The number of hydrogen-bond acceptors (Lipinski definition) is 4. The highest BCUT2D eigenvalue weighted by molar-refractivity contribution is 5.68. The van der Waals surface area contributed by atoms with E-state index in [0.29, 0.717) is 6.61 Å². The molecule has 0 heterocycles. The number of ether oxygens (including phenoxy) is 2. The fourth-order valence-corrected chi connectivity index (χ4v) is 2.22. The molecule has 2 N–H and O–H groups in total. The molecular weight excluding hydrogens is 307 g/mol. The molecule has 0 radical (unpaired) electrons. The molecule has 2 rings (SSSR count). The van der Waals surface area contributed by atoms with Crippen molar-refractivity contribution in [3.05, 3.63) is 71.7 Å². The molecule has 0 aromatic heterocycles. The van der Waals surface area contributed by atoms with Crippen molar-refractivity contribution in [2.24, 2.45) is 0 Å². The smallest absolute Gasteiger partial charge is 0.123 e. The fourth-order valence-electron chi connectivity index (χ4n) is 2.22. The summed E-state index contributed by atoms with van der Waals surface area (Å²) in [7, 11) is 1.62. The van der Waals surface area contributed by atoms with Gasteiger partial charge in [-0.1, -0.05) is 12.1 Å². The Bertz CT molecular complexity index is 699. The maximum atomic E-state index is 13.6. The molecule has 0 unspecified atom stereocenters. The number of anilines is 1. The molecule has 0 spiro atoms. The van der Waals surface area contributed by atoms with Crippen LogP contribution >= 0.6 is 0 Å². The van der Waals surface area contributed by atoms with Gasteiger partial charge in [-0.3, -0.25) is 0 Å². The molecule has 1 atom stereocenters. The Labute approximate surface area is 141 Å². The Morgan fingerprint density at radius 1 is 1.21 bits per heavy atom. The third-order valence-electron chi connectivity index (χ3n) is 3.54. The lowest BCUT2D eigenvalue weighted by molar-refractivity contribution is 0.0528. The lowest BCUT2D eigenvalue weighted by atomic mass is 10.1. The minimum Gasteiger partial charge on any atom is -0.497 e. The largest absolute Gasteiger partial charge is 0.497 e. The van der Waals surface area contributed by atoms with Crippen LogP contribution in [-0.2, 0) is 11.3 Å². The maximum absolute atomic E-state index is 13.6. The van der Waals surface area contributed by atoms with Gasteiger partial charge in [0.2, 0.25) is 0 Å². The van der Waals surface area contributed by atoms with E-state index in [0.717, 1.165) is 22.6 Å². The highest BCUT2D eigenvalue weighted by Gasteiger charge is 2.12. The standard InChI is InChI=1S/C19H21FN2O2/c1-14(24-13-15-4-7-17(23-2)8-5-15)18-12-16(20)6-9-19(18)22-11-3-10-21/h3-12,14,21-22H,13H2,1-2H3/b11-3-,21-10?/t14-/m1/s1. The van der Waals surface area contributed by atoms with Crippen molar-refractivity contribution in [1.29, 1.82) is 5.41 Å². The minimum absolute atomic E-state index is 0.293. The Morgan fingerprint density at radius 3 is 2.62 bits per heavy atom. The van der Waals surface area contributed by atoms with E-state index in [1.165, 1.54) is 18.3 Å². The summed E-state index contributed by atoms with van der Waals surface area (Å²) in [5, 5.41) is 10.0. The van der Waals surface area contributed by atoms with E-state index in [1.54, 1.807) is 25.5 Å². The Hall–Kier alpha value is -2.66. The van der Waals surface area contributed by atoms with Gasteiger partial charge in [0.05, 0.1) is 19.8 Å². The normalized spacial score (nSPS) is 12.1. The van der Waals surface area contributed by atoms with Crippen molar-refractivity contribution in [3.63, 3.8) is 0 Å². The summed E-state index contributed by atoms with van der Waals surface area (Å²) in [6.45, 7) is 2.29. The molecule has 2 aromatic rings. The van der Waals surface area contributed by atoms with E-state index in [1.807, 2.05) is 31.2 Å². The van der Waals surface area contributed by atoms with E-state index in [-0.39, 0.29) is 11.9 Å². The van der Waals surface area contributed by atoms with Gasteiger partial charge in [-0.25, -0.2) is 4.39 Å². The molecule has 0 aliphatic rings. The molecule has 126 valence electrons. The third-order valence-corrected chi connectivity index (χ3v) is 3.54. The van der Waals surface area contributed by atoms with Gasteiger partial charge >= 0.3 is 0 Å². The molecule has 0 bridgehead atoms. The van der Waals surface area contributed by atoms with Crippen molar-refractivity contribution in [2.45, 2.75) is 19.6 Å². The van der Waals surface area contributed by atoms with Crippen LogP contribution in [-0.4, -0.2) is 13.3 Å². The molecule has 0 aliphatic heterocycles. The molecule has 0 saturated carbocycles. The number of rotatable bonds is 8. The monoisotopic (exact) mass is 328 g/mol. The first-order chi connectivity index (χ1) is 11.6. The molecular formula is C19H21FN2O2. The van der Waals surface area contributed by atoms with Gasteiger partial charge in [0.25, 0.3) is 0 Å². The predicted molar refractivity (Wildman–Crippen MR) is 94.1 cm³/mol. The predicted octanol–water partition coefficient (Wildman–Crippen LogP) is 4.69. The lowest BCUT2D eigenvalue weighted by Crippen LogP contribution is -2.04. The molecule has 0 aliphatic carbocycles. The first kappa shape index (κ1) is 17.7. The number of allylic oxidation sites excluding steroid dienone is 1. The number of nitrogens with one attached hydrogen (secondary N) is 2. The average molecular weight is 328 g/mol. The van der Waals surface area contributed by atoms with Crippen molar-refractivity contribution in [2.75, 3.05) is 12.4 Å². The quantitative estimate of drug-likeness (QED) is 0.691. The van der Waals surface area contributed by atoms with Gasteiger partial charge in [-0.05, 0) is 48.9 Å². The van der Waals surface area contributed by atoms with Gasteiger partial charge < -0.3 is 20.2 Å². The van der Waals surface area contributed by atoms with Crippen LogP contribution in [0.4, 0.5) is 10.1 Å². The molecule has 24 heavy (non-hydrogen) atoms. The molecule has 0 fully saturated rings. The summed E-state index contributed by atoms with van der Waals surface area (Å²) in [6.07, 6.45) is 4.05. The zero-order chi connectivity index (χ0) is 17.4. The van der Waals surface area contributed by atoms with Gasteiger partial charge in [-0.15, -0.1) is 0 Å². The van der Waals surface area contributed by atoms with Crippen LogP contribution in [0.3, 0.4) is 0 Å². The highest BCUT2D eigenvalue weighted by atomic mass is 19.1. The summed E-state index contributed by atoms with van der Waals surface area (Å²) in [6, 6.07) is 12.1. The second-order valence-corrected chi connectivity index (χ2v) is 5.20. The number of halogens is 1. The second kappa shape index (κ2) is 8.84. The van der Waals surface area contributed by atoms with E-state index < -0.39 is 0 Å². The SMILES string of the molecule is COc1ccc(CO[C@H](C)c2cc(F)ccc2N/C=C\C=N)cc1. The second-order valence-electron chi connectivity index (χ2n) is 5.20. The summed E-state index contributed by atoms with van der Waals surface area (Å²) < 4.78 is 24.6. The van der Waals surface area contributed by atoms with Crippen LogP contribution in [0, 0.1) is 11.2 Å². The summed E-state index contributed by atoms with van der Waals surface area (Å²) in [5.74, 6) is 0.480. The lowest BCUT2D eigenvalue weighted by Gasteiger charge is -2.17. The maximum Gasteiger partial charge on any atom is 0.123 e. The van der Waals surface area contributed by atoms with Crippen LogP contribution in [0.15, 0.2) is 54.7 Å². The number of methoxy groups -OCH3 is 1. The van der Waals surface area contributed by atoms with Crippen molar-refractivity contribution in [1.82, 2.24) is 0 Å². The van der Waals surface area contributed by atoms with Crippen molar-refractivity contribution >= 4 is 11.9 Å². The first-order valence-electron chi connectivity index (χ1n) is 7.60. The van der Waals surface area contributed by atoms with Crippen LogP contribution < -0.4 is 10.1 Å². The van der Waals surface area contributed by atoms with Gasteiger partial charge in [-0.2, -0.15) is 0 Å². The van der Waals surface area contributed by atoms with E-state index in [4.69, 9.17) is 14.9 Å². The first-order valence-corrected chi connectivity index (χ1v) is 7.60. The molecule has 0 saturated heterocycles. The topological polar surface area (TPSA) is 54.3 Å². The van der Waals surface area contributed by atoms with Gasteiger partial charge in [0.15, 0.2) is 0 Å². The Morgan fingerprint density at radius 2 is 1.96 bits per heavy atom. The van der Waals surface area contributed by atoms with E-state index in [9.17, 15) is 4.39 Å². The summed E-state index contributed by atoms with van der Waals surface area (Å²) >= 11 is 0. The number of hydrogen-bond donors (Lipinski definition) is 2. The summed E-state index contributed by atoms with van der Waals surface area (Å²) in [4.78, 5) is 0. The third kappa shape index (κ3) is 4.93. The zero-order valence-corrected chi connectivity index (χ0v) is 13.8. The van der Waals surface area contributed by atoms with Crippen molar-refractivity contribution in [3.8, 4) is 5.75 Å². The molecule has 2 aromatic carbocycles. The summed E-state index contributed by atoms with van der Waals surface area (Å²) in [5.41, 5.74) is 2.48. The Balaban J connectivity index is 2.06. The molecule has 4 nitrogen and oxygen atoms in total. The van der Waals surface area contributed by atoms with Crippen LogP contribution in [0.1, 0.15) is 24.2 Å².